The Bertz CT molecular complexity index is 657. The van der Waals surface area contributed by atoms with Crippen LogP contribution < -0.4 is 10.6 Å². The third-order valence-electron chi connectivity index (χ3n) is 4.39. The second-order valence-corrected chi connectivity index (χ2v) is 6.31. The summed E-state index contributed by atoms with van der Waals surface area (Å²) in [5.41, 5.74) is 2.18. The molecule has 1 aromatic heterocycles. The van der Waals surface area contributed by atoms with E-state index in [1.54, 1.807) is 6.20 Å². The SMILES string of the molecule is O=C(NCc1cccc(Cn2cccn2)c1)NC1CCCCC1O. The maximum absolute atomic E-state index is 12.0. The number of nitrogens with one attached hydrogen (secondary N) is 2. The summed E-state index contributed by atoms with van der Waals surface area (Å²) >= 11 is 0. The van der Waals surface area contributed by atoms with Crippen molar-refractivity contribution in [3.63, 3.8) is 0 Å². The molecule has 1 saturated carbocycles. The van der Waals surface area contributed by atoms with E-state index in [1.807, 2.05) is 35.1 Å². The summed E-state index contributed by atoms with van der Waals surface area (Å²) in [5.74, 6) is 0. The number of aromatic nitrogens is 2. The van der Waals surface area contributed by atoms with Crippen molar-refractivity contribution >= 4 is 6.03 Å². The lowest BCUT2D eigenvalue weighted by molar-refractivity contribution is 0.0943. The molecule has 0 radical (unpaired) electrons. The van der Waals surface area contributed by atoms with E-state index in [1.165, 1.54) is 0 Å². The molecule has 1 aliphatic carbocycles. The maximum atomic E-state index is 12.0. The van der Waals surface area contributed by atoms with Gasteiger partial charge in [0.05, 0.1) is 18.7 Å². The van der Waals surface area contributed by atoms with Crippen LogP contribution in [0.4, 0.5) is 4.79 Å². The minimum atomic E-state index is -0.429. The summed E-state index contributed by atoms with van der Waals surface area (Å²) in [6, 6.07) is 9.63. The van der Waals surface area contributed by atoms with Crippen molar-refractivity contribution in [2.45, 2.75) is 50.9 Å². The van der Waals surface area contributed by atoms with Crippen molar-refractivity contribution in [2.75, 3.05) is 0 Å². The topological polar surface area (TPSA) is 79.2 Å². The number of rotatable bonds is 5. The number of aliphatic hydroxyl groups is 1. The first-order valence-corrected chi connectivity index (χ1v) is 8.48. The molecule has 2 atom stereocenters. The molecule has 6 heteroatoms. The Hall–Kier alpha value is -2.34. The Morgan fingerprint density at radius 3 is 2.88 bits per heavy atom. The van der Waals surface area contributed by atoms with Crippen molar-refractivity contribution in [1.29, 1.82) is 0 Å². The van der Waals surface area contributed by atoms with Gasteiger partial charge >= 0.3 is 6.03 Å². The van der Waals surface area contributed by atoms with E-state index >= 15 is 0 Å². The van der Waals surface area contributed by atoms with Crippen LogP contribution in [0.25, 0.3) is 0 Å². The quantitative estimate of drug-likeness (QED) is 0.786. The van der Waals surface area contributed by atoms with Gasteiger partial charge in [0, 0.05) is 18.9 Å². The van der Waals surface area contributed by atoms with E-state index in [-0.39, 0.29) is 12.1 Å². The summed E-state index contributed by atoms with van der Waals surface area (Å²) in [5, 5.41) is 19.9. The van der Waals surface area contributed by atoms with Crippen molar-refractivity contribution in [3.05, 3.63) is 53.9 Å². The lowest BCUT2D eigenvalue weighted by Crippen LogP contribution is -2.48. The predicted octanol–water partition coefficient (Wildman–Crippen LogP) is 2.03. The van der Waals surface area contributed by atoms with Crippen molar-refractivity contribution in [3.8, 4) is 0 Å². The summed E-state index contributed by atoms with van der Waals surface area (Å²) in [6.45, 7) is 1.17. The Morgan fingerprint density at radius 2 is 2.08 bits per heavy atom. The molecule has 6 nitrogen and oxygen atoms in total. The van der Waals surface area contributed by atoms with Gasteiger partial charge in [0.2, 0.25) is 0 Å². The standard InChI is InChI=1S/C18H24N4O2/c23-17-8-2-1-7-16(17)21-18(24)19-12-14-5-3-6-15(11-14)13-22-10-4-9-20-22/h3-6,9-11,16-17,23H,1-2,7-8,12-13H2,(H2,19,21,24). The van der Waals surface area contributed by atoms with Gasteiger partial charge in [0.1, 0.15) is 0 Å². The average Bonchev–Trinajstić information content (AvgIpc) is 3.08. The summed E-state index contributed by atoms with van der Waals surface area (Å²) < 4.78 is 1.86. The minimum Gasteiger partial charge on any atom is -0.391 e. The number of benzene rings is 1. The molecule has 0 bridgehead atoms. The normalized spacial score (nSPS) is 20.5. The van der Waals surface area contributed by atoms with Crippen molar-refractivity contribution in [2.24, 2.45) is 0 Å². The van der Waals surface area contributed by atoms with Gasteiger partial charge in [-0.3, -0.25) is 4.68 Å². The summed E-state index contributed by atoms with van der Waals surface area (Å²) in [4.78, 5) is 12.0. The van der Waals surface area contributed by atoms with Crippen LogP contribution in [-0.2, 0) is 13.1 Å². The van der Waals surface area contributed by atoms with E-state index in [4.69, 9.17) is 0 Å². The fourth-order valence-electron chi connectivity index (χ4n) is 3.10. The number of amides is 2. The van der Waals surface area contributed by atoms with Gasteiger partial charge in [-0.1, -0.05) is 37.1 Å². The number of carbonyl (C=O) groups is 1. The van der Waals surface area contributed by atoms with Crippen LogP contribution in [0.15, 0.2) is 42.7 Å². The van der Waals surface area contributed by atoms with Gasteiger partial charge in [-0.05, 0) is 30.0 Å². The molecule has 1 heterocycles. The minimum absolute atomic E-state index is 0.134. The highest BCUT2D eigenvalue weighted by Crippen LogP contribution is 2.18. The second-order valence-electron chi connectivity index (χ2n) is 6.31. The molecular formula is C18H24N4O2. The van der Waals surface area contributed by atoms with Crippen LogP contribution >= 0.6 is 0 Å². The van der Waals surface area contributed by atoms with Gasteiger partial charge in [-0.25, -0.2) is 4.79 Å². The van der Waals surface area contributed by atoms with E-state index in [2.05, 4.69) is 21.8 Å². The lowest BCUT2D eigenvalue weighted by atomic mass is 9.93. The number of hydrogen-bond donors (Lipinski definition) is 3. The van der Waals surface area contributed by atoms with Crippen molar-refractivity contribution in [1.82, 2.24) is 20.4 Å². The fourth-order valence-corrected chi connectivity index (χ4v) is 3.10. The number of nitrogens with zero attached hydrogens (tertiary/aromatic N) is 2. The van der Waals surface area contributed by atoms with E-state index < -0.39 is 6.10 Å². The molecule has 128 valence electrons. The molecule has 0 spiro atoms. The van der Waals surface area contributed by atoms with Gasteiger partial charge in [-0.2, -0.15) is 5.10 Å². The van der Waals surface area contributed by atoms with Gasteiger partial charge < -0.3 is 15.7 Å². The molecule has 0 aliphatic heterocycles. The lowest BCUT2D eigenvalue weighted by Gasteiger charge is -2.28. The van der Waals surface area contributed by atoms with Crippen LogP contribution in [0.1, 0.15) is 36.8 Å². The molecule has 0 saturated heterocycles. The monoisotopic (exact) mass is 328 g/mol. The highest BCUT2D eigenvalue weighted by Gasteiger charge is 2.24. The molecular weight excluding hydrogens is 304 g/mol. The molecule has 2 amide bonds. The second kappa shape index (κ2) is 7.97. The number of hydrogen-bond acceptors (Lipinski definition) is 3. The molecule has 1 aromatic carbocycles. The molecule has 3 rings (SSSR count). The molecule has 2 aromatic rings. The highest BCUT2D eigenvalue weighted by atomic mass is 16.3. The van der Waals surface area contributed by atoms with E-state index in [0.717, 1.165) is 36.8 Å². The zero-order valence-corrected chi connectivity index (χ0v) is 13.7. The van der Waals surface area contributed by atoms with Crippen LogP contribution in [0.2, 0.25) is 0 Å². The molecule has 3 N–H and O–H groups in total. The molecule has 1 fully saturated rings. The highest BCUT2D eigenvalue weighted by molar-refractivity contribution is 5.74. The predicted molar refractivity (Wildman–Crippen MR) is 91.4 cm³/mol. The number of carbonyl (C=O) groups excluding carboxylic acids is 1. The Kier molecular flexibility index (Phi) is 5.48. The van der Waals surface area contributed by atoms with Crippen LogP contribution in [0, 0.1) is 0 Å². The number of urea groups is 1. The fraction of sp³-hybridized carbons (Fsp3) is 0.444. The molecule has 24 heavy (non-hydrogen) atoms. The molecule has 2 unspecified atom stereocenters. The van der Waals surface area contributed by atoms with E-state index in [0.29, 0.717) is 13.1 Å². The smallest absolute Gasteiger partial charge is 0.315 e. The first-order chi connectivity index (χ1) is 11.7. The maximum Gasteiger partial charge on any atom is 0.315 e. The summed E-state index contributed by atoms with van der Waals surface area (Å²) in [6.07, 6.45) is 6.95. The number of aliphatic hydroxyl groups excluding tert-OH is 1. The summed E-state index contributed by atoms with van der Waals surface area (Å²) in [7, 11) is 0. The molecule has 1 aliphatic rings. The van der Waals surface area contributed by atoms with Crippen LogP contribution in [0.3, 0.4) is 0 Å². The van der Waals surface area contributed by atoms with Gasteiger partial charge in [0.25, 0.3) is 0 Å². The third kappa shape index (κ3) is 4.58. The third-order valence-corrected chi connectivity index (χ3v) is 4.39. The largest absolute Gasteiger partial charge is 0.391 e. The van der Waals surface area contributed by atoms with Gasteiger partial charge in [0.15, 0.2) is 0 Å². The zero-order chi connectivity index (χ0) is 16.8. The van der Waals surface area contributed by atoms with Crippen LogP contribution in [0.5, 0.6) is 0 Å². The first-order valence-electron chi connectivity index (χ1n) is 8.48. The Balaban J connectivity index is 1.49. The van der Waals surface area contributed by atoms with Gasteiger partial charge in [-0.15, -0.1) is 0 Å². The van der Waals surface area contributed by atoms with Crippen LogP contribution in [-0.4, -0.2) is 33.1 Å². The Labute approximate surface area is 141 Å². The average molecular weight is 328 g/mol. The first kappa shape index (κ1) is 16.5. The van der Waals surface area contributed by atoms with E-state index in [9.17, 15) is 9.90 Å². The van der Waals surface area contributed by atoms with Crippen molar-refractivity contribution < 1.29 is 9.90 Å². The Morgan fingerprint density at radius 1 is 1.25 bits per heavy atom. The zero-order valence-electron chi connectivity index (χ0n) is 13.7.